The van der Waals surface area contributed by atoms with Crippen molar-refractivity contribution < 1.29 is 9.63 Å². The molecule has 4 nitrogen and oxygen atoms in total. The SMILES string of the molecule is CC(C)(C)ONC(=O)CCc1ccccc1N. The van der Waals surface area contributed by atoms with Crippen LogP contribution in [0.1, 0.15) is 32.8 Å². The van der Waals surface area contributed by atoms with Gasteiger partial charge in [0.05, 0.1) is 5.60 Å². The molecule has 0 atom stereocenters. The molecule has 0 radical (unpaired) electrons. The molecule has 0 aliphatic carbocycles. The second kappa shape index (κ2) is 5.68. The lowest BCUT2D eigenvalue weighted by Crippen LogP contribution is -2.33. The summed E-state index contributed by atoms with van der Waals surface area (Å²) in [5.41, 5.74) is 9.55. The van der Waals surface area contributed by atoms with Crippen LogP contribution in [0.3, 0.4) is 0 Å². The Labute approximate surface area is 102 Å². The van der Waals surface area contributed by atoms with E-state index < -0.39 is 0 Å². The Morgan fingerprint density at radius 3 is 2.59 bits per heavy atom. The third-order valence-corrected chi connectivity index (χ3v) is 2.15. The maximum atomic E-state index is 11.5. The number of amides is 1. The van der Waals surface area contributed by atoms with Gasteiger partial charge in [0.2, 0.25) is 5.91 Å². The summed E-state index contributed by atoms with van der Waals surface area (Å²) >= 11 is 0. The van der Waals surface area contributed by atoms with Crippen LogP contribution in [0.15, 0.2) is 24.3 Å². The van der Waals surface area contributed by atoms with Gasteiger partial charge in [0.25, 0.3) is 0 Å². The molecule has 0 aliphatic rings. The van der Waals surface area contributed by atoms with Crippen molar-refractivity contribution in [3.8, 4) is 0 Å². The van der Waals surface area contributed by atoms with E-state index in [9.17, 15) is 4.79 Å². The van der Waals surface area contributed by atoms with Gasteiger partial charge in [-0.05, 0) is 38.8 Å². The molecular formula is C13H20N2O2. The van der Waals surface area contributed by atoms with E-state index in [1.54, 1.807) is 0 Å². The van der Waals surface area contributed by atoms with Gasteiger partial charge >= 0.3 is 0 Å². The predicted molar refractivity (Wildman–Crippen MR) is 68.2 cm³/mol. The zero-order chi connectivity index (χ0) is 12.9. The molecule has 17 heavy (non-hydrogen) atoms. The van der Waals surface area contributed by atoms with E-state index >= 15 is 0 Å². The second-order valence-corrected chi connectivity index (χ2v) is 4.94. The van der Waals surface area contributed by atoms with Crippen molar-refractivity contribution in [2.45, 2.75) is 39.2 Å². The van der Waals surface area contributed by atoms with E-state index in [2.05, 4.69) is 5.48 Å². The number of nitrogens with two attached hydrogens (primary N) is 1. The molecular weight excluding hydrogens is 216 g/mol. The molecule has 94 valence electrons. The summed E-state index contributed by atoms with van der Waals surface area (Å²) in [6, 6.07) is 7.54. The molecule has 1 amide bonds. The number of hydrogen-bond donors (Lipinski definition) is 2. The van der Waals surface area contributed by atoms with Crippen LogP contribution in [-0.4, -0.2) is 11.5 Å². The molecule has 0 unspecified atom stereocenters. The summed E-state index contributed by atoms with van der Waals surface area (Å²) < 4.78 is 0. The van der Waals surface area contributed by atoms with Crippen molar-refractivity contribution in [1.29, 1.82) is 0 Å². The number of carbonyl (C=O) groups is 1. The summed E-state index contributed by atoms with van der Waals surface area (Å²) in [7, 11) is 0. The van der Waals surface area contributed by atoms with Gasteiger partial charge in [-0.2, -0.15) is 0 Å². The topological polar surface area (TPSA) is 64.3 Å². The van der Waals surface area contributed by atoms with E-state index in [-0.39, 0.29) is 11.5 Å². The molecule has 3 N–H and O–H groups in total. The summed E-state index contributed by atoms with van der Waals surface area (Å²) in [5.74, 6) is -0.136. The molecule has 0 spiro atoms. The number of hydrogen-bond acceptors (Lipinski definition) is 3. The third kappa shape index (κ3) is 5.36. The minimum absolute atomic E-state index is 0.136. The molecule has 4 heteroatoms. The fourth-order valence-electron chi connectivity index (χ4n) is 1.27. The monoisotopic (exact) mass is 236 g/mol. The van der Waals surface area contributed by atoms with E-state index in [1.165, 1.54) is 0 Å². The van der Waals surface area contributed by atoms with Crippen LogP contribution >= 0.6 is 0 Å². The van der Waals surface area contributed by atoms with Gasteiger partial charge in [-0.1, -0.05) is 18.2 Å². The molecule has 0 bridgehead atoms. The highest BCUT2D eigenvalue weighted by molar-refractivity contribution is 5.75. The largest absolute Gasteiger partial charge is 0.399 e. The molecule has 1 rings (SSSR count). The van der Waals surface area contributed by atoms with Gasteiger partial charge in [-0.25, -0.2) is 5.48 Å². The highest BCUT2D eigenvalue weighted by Crippen LogP contribution is 2.12. The molecule has 0 aromatic heterocycles. The lowest BCUT2D eigenvalue weighted by atomic mass is 10.1. The van der Waals surface area contributed by atoms with Crippen LogP contribution in [-0.2, 0) is 16.1 Å². The smallest absolute Gasteiger partial charge is 0.243 e. The first-order chi connectivity index (χ1) is 7.88. The van der Waals surface area contributed by atoms with Crippen molar-refractivity contribution >= 4 is 11.6 Å². The van der Waals surface area contributed by atoms with Crippen LogP contribution in [0.2, 0.25) is 0 Å². The van der Waals surface area contributed by atoms with Crippen LogP contribution < -0.4 is 11.2 Å². The van der Waals surface area contributed by atoms with Gasteiger partial charge in [0, 0.05) is 12.1 Å². The maximum Gasteiger partial charge on any atom is 0.243 e. The first-order valence-corrected chi connectivity index (χ1v) is 5.69. The lowest BCUT2D eigenvalue weighted by molar-refractivity contribution is -0.145. The molecule has 0 aliphatic heterocycles. The molecule has 1 aromatic carbocycles. The Morgan fingerprint density at radius 2 is 2.00 bits per heavy atom. The molecule has 0 fully saturated rings. The van der Waals surface area contributed by atoms with Crippen LogP contribution in [0, 0.1) is 0 Å². The minimum Gasteiger partial charge on any atom is -0.399 e. The average molecular weight is 236 g/mol. The summed E-state index contributed by atoms with van der Waals surface area (Å²) in [4.78, 5) is 16.7. The number of hydroxylamine groups is 1. The first kappa shape index (κ1) is 13.5. The maximum absolute atomic E-state index is 11.5. The van der Waals surface area contributed by atoms with E-state index in [0.717, 1.165) is 11.3 Å². The molecule has 0 saturated carbocycles. The average Bonchev–Trinajstić information content (AvgIpc) is 2.24. The van der Waals surface area contributed by atoms with Gasteiger partial charge in [-0.15, -0.1) is 0 Å². The zero-order valence-corrected chi connectivity index (χ0v) is 10.6. The number of benzene rings is 1. The Kier molecular flexibility index (Phi) is 4.52. The fourth-order valence-corrected chi connectivity index (χ4v) is 1.27. The van der Waals surface area contributed by atoms with Crippen molar-refractivity contribution in [3.63, 3.8) is 0 Å². The van der Waals surface area contributed by atoms with E-state index in [0.29, 0.717) is 12.8 Å². The van der Waals surface area contributed by atoms with E-state index in [4.69, 9.17) is 10.6 Å². The summed E-state index contributed by atoms with van der Waals surface area (Å²) in [6.45, 7) is 5.63. The number of rotatable bonds is 4. The third-order valence-electron chi connectivity index (χ3n) is 2.15. The minimum atomic E-state index is -0.374. The number of nitrogens with one attached hydrogen (secondary N) is 1. The fraction of sp³-hybridized carbons (Fsp3) is 0.462. The van der Waals surface area contributed by atoms with Gasteiger partial charge < -0.3 is 5.73 Å². The predicted octanol–water partition coefficient (Wildman–Crippen LogP) is 2.05. The molecule has 1 aromatic rings. The number of carbonyl (C=O) groups excluding carboxylic acids is 1. The zero-order valence-electron chi connectivity index (χ0n) is 10.6. The quantitative estimate of drug-likeness (QED) is 0.621. The highest BCUT2D eigenvalue weighted by Gasteiger charge is 2.12. The van der Waals surface area contributed by atoms with Gasteiger partial charge in [-0.3, -0.25) is 9.63 Å². The number of aryl methyl sites for hydroxylation is 1. The highest BCUT2D eigenvalue weighted by atomic mass is 16.7. The normalized spacial score (nSPS) is 11.2. The standard InChI is InChI=1S/C13H20N2O2/c1-13(2,3)17-15-12(16)9-8-10-6-4-5-7-11(10)14/h4-7H,8-9,14H2,1-3H3,(H,15,16). The van der Waals surface area contributed by atoms with Crippen LogP contribution in [0.4, 0.5) is 5.69 Å². The Bertz CT molecular complexity index is 383. The number of para-hydroxylation sites is 1. The molecule has 0 heterocycles. The number of nitrogen functional groups attached to an aromatic ring is 1. The first-order valence-electron chi connectivity index (χ1n) is 5.69. The van der Waals surface area contributed by atoms with E-state index in [1.807, 2.05) is 45.0 Å². The summed E-state index contributed by atoms with van der Waals surface area (Å²) in [6.07, 6.45) is 0.982. The van der Waals surface area contributed by atoms with Crippen molar-refractivity contribution in [1.82, 2.24) is 5.48 Å². The Balaban J connectivity index is 2.36. The Morgan fingerprint density at radius 1 is 1.35 bits per heavy atom. The van der Waals surface area contributed by atoms with Crippen LogP contribution in [0.5, 0.6) is 0 Å². The lowest BCUT2D eigenvalue weighted by Gasteiger charge is -2.18. The van der Waals surface area contributed by atoms with Gasteiger partial charge in [0.1, 0.15) is 0 Å². The summed E-state index contributed by atoms with van der Waals surface area (Å²) in [5, 5.41) is 0. The second-order valence-electron chi connectivity index (χ2n) is 4.94. The van der Waals surface area contributed by atoms with Crippen molar-refractivity contribution in [2.75, 3.05) is 5.73 Å². The Hall–Kier alpha value is -1.55. The van der Waals surface area contributed by atoms with Crippen LogP contribution in [0.25, 0.3) is 0 Å². The molecule has 0 saturated heterocycles. The van der Waals surface area contributed by atoms with Crippen molar-refractivity contribution in [3.05, 3.63) is 29.8 Å². The van der Waals surface area contributed by atoms with Gasteiger partial charge in [0.15, 0.2) is 0 Å². The van der Waals surface area contributed by atoms with Crippen molar-refractivity contribution in [2.24, 2.45) is 0 Å². The number of anilines is 1.